The maximum atomic E-state index is 6.63. The molecule has 0 saturated carbocycles. The molecule has 0 aliphatic heterocycles. The molecule has 0 fully saturated rings. The summed E-state index contributed by atoms with van der Waals surface area (Å²) in [6.07, 6.45) is 13.6. The number of hydrogen-bond acceptors (Lipinski definition) is 4. The van der Waals surface area contributed by atoms with Crippen LogP contribution in [0.5, 0.6) is 0 Å². The van der Waals surface area contributed by atoms with Crippen LogP contribution >= 0.6 is 0 Å². The molecule has 0 bridgehead atoms. The van der Waals surface area contributed by atoms with Crippen molar-refractivity contribution in [2.24, 2.45) is 0 Å². The molecule has 4 aromatic heterocycles. The van der Waals surface area contributed by atoms with Crippen LogP contribution in [0.3, 0.4) is 0 Å². The molecule has 0 aliphatic carbocycles. The summed E-state index contributed by atoms with van der Waals surface area (Å²) in [5, 5.41) is 17.3. The van der Waals surface area contributed by atoms with Crippen LogP contribution in [0, 0.1) is 47.5 Å². The Morgan fingerprint density at radius 1 is 0.347 bits per heavy atom. The molecule has 8 rings (SSSR count). The van der Waals surface area contributed by atoms with Gasteiger partial charge in [0.25, 0.3) is 0 Å². The Balaban J connectivity index is 0.000000308. The number of aromatic nitrogens is 4. The Morgan fingerprint density at radius 2 is 0.583 bits per heavy atom. The van der Waals surface area contributed by atoms with Gasteiger partial charge in [0.1, 0.15) is 8.07 Å². The molecule has 0 atom stereocenters. The first kappa shape index (κ1) is 60.5. The molecule has 4 aromatic carbocycles. The van der Waals surface area contributed by atoms with Crippen molar-refractivity contribution in [2.75, 3.05) is 0 Å². The van der Waals surface area contributed by atoms with E-state index >= 15 is 0 Å². The van der Waals surface area contributed by atoms with E-state index in [9.17, 15) is 0 Å². The zero-order valence-corrected chi connectivity index (χ0v) is 45.8. The third-order valence-electron chi connectivity index (χ3n) is 10.1. The van der Waals surface area contributed by atoms with E-state index in [0.717, 1.165) is 46.0 Å². The van der Waals surface area contributed by atoms with Crippen LogP contribution in [0.25, 0.3) is 21.3 Å². The van der Waals surface area contributed by atoms with Gasteiger partial charge in [-0.3, -0.25) is 5.92 Å². The van der Waals surface area contributed by atoms with Gasteiger partial charge < -0.3 is 47.6 Å². The molecule has 361 valence electrons. The van der Waals surface area contributed by atoms with Gasteiger partial charge in [-0.2, -0.15) is 0 Å². The molecule has 0 N–H and O–H groups in total. The second-order valence-corrected chi connectivity index (χ2v) is 21.4. The second-order valence-electron chi connectivity index (χ2n) is 15.8. The third-order valence-corrected chi connectivity index (χ3v) is 16.3. The van der Waals surface area contributed by atoms with Gasteiger partial charge in [-0.05, 0) is 57.1 Å². The van der Waals surface area contributed by atoms with E-state index in [4.69, 9.17) is 6.42 Å². The smallest absolute Gasteiger partial charge is 0.443 e. The predicted octanol–water partition coefficient (Wildman–Crippen LogP) is 17.5. The summed E-state index contributed by atoms with van der Waals surface area (Å²) in [5.74, 6) is 18.2. The SMILES string of the molecule is [C-]#CC#CC#CC#C[Si](C(C)C)(C(C)C)C(C)C.[Ru+2].[Ru+3].c1ccc([N-]c2ccccn2)cc1.c1ccc([N-]c2ccccn2)cc1.c1ccc([N-]c2ccccn2)cc1.c1ccc([N-]c2ccccn2)cc1. The van der Waals surface area contributed by atoms with E-state index in [2.05, 4.69) is 118 Å². The van der Waals surface area contributed by atoms with Crippen LogP contribution in [0.15, 0.2) is 219 Å². The molecule has 8 aromatic rings. The van der Waals surface area contributed by atoms with E-state index in [0.29, 0.717) is 16.6 Å². The summed E-state index contributed by atoms with van der Waals surface area (Å²) in [4.78, 5) is 16.4. The van der Waals surface area contributed by atoms with Gasteiger partial charge in [-0.15, -0.1) is 11.5 Å². The number of nitrogens with zero attached hydrogens (tertiary/aromatic N) is 8. The fourth-order valence-electron chi connectivity index (χ4n) is 6.92. The molecule has 11 heteroatoms. The number of pyridine rings is 4. The summed E-state index contributed by atoms with van der Waals surface area (Å²) >= 11 is 0. The summed E-state index contributed by atoms with van der Waals surface area (Å²) in [7, 11) is -1.66. The molecule has 4 heterocycles. The Labute approximate surface area is 455 Å². The summed E-state index contributed by atoms with van der Waals surface area (Å²) in [6.45, 7) is 13.7. The minimum Gasteiger partial charge on any atom is -0.443 e. The summed E-state index contributed by atoms with van der Waals surface area (Å²) in [6, 6.07) is 61.9. The van der Waals surface area contributed by atoms with E-state index in [1.54, 1.807) is 24.8 Å². The van der Waals surface area contributed by atoms with Crippen LogP contribution in [-0.4, -0.2) is 28.0 Å². The van der Waals surface area contributed by atoms with E-state index < -0.39 is 8.07 Å². The quantitative estimate of drug-likeness (QED) is 0.0730. The molecule has 8 nitrogen and oxygen atoms in total. The van der Waals surface area contributed by atoms with Gasteiger partial charge in [0.2, 0.25) is 0 Å². The average Bonchev–Trinajstić information content (AvgIpc) is 3.39. The maximum absolute atomic E-state index is 6.63. The van der Waals surface area contributed by atoms with Crippen LogP contribution < -0.4 is 0 Å². The van der Waals surface area contributed by atoms with Crippen molar-refractivity contribution in [3.05, 3.63) is 247 Å². The first-order chi connectivity index (χ1) is 34.2. The van der Waals surface area contributed by atoms with Gasteiger partial charge in [0.15, 0.2) is 0 Å². The van der Waals surface area contributed by atoms with Crippen molar-refractivity contribution in [3.8, 4) is 41.1 Å². The van der Waals surface area contributed by atoms with E-state index in [-0.39, 0.29) is 39.0 Å². The number of hydrogen-bond donors (Lipinski definition) is 0. The van der Waals surface area contributed by atoms with Gasteiger partial charge in [0, 0.05) is 0 Å². The Morgan fingerprint density at radius 3 is 0.806 bits per heavy atom. The van der Waals surface area contributed by atoms with Crippen LogP contribution in [0.1, 0.15) is 41.5 Å². The fraction of sp³-hybridized carbons (Fsp3) is 0.148. The molecular formula is C61H57N8Ru2Si. The van der Waals surface area contributed by atoms with Crippen molar-refractivity contribution in [2.45, 2.75) is 58.2 Å². The van der Waals surface area contributed by atoms with Crippen molar-refractivity contribution >= 4 is 54.1 Å². The Kier molecular flexibility index (Phi) is 30.5. The van der Waals surface area contributed by atoms with Gasteiger partial charge in [-0.25, -0.2) is 5.92 Å². The summed E-state index contributed by atoms with van der Waals surface area (Å²) in [5.41, 5.74) is 9.07. The Bertz CT molecular complexity index is 2380. The van der Waals surface area contributed by atoms with Crippen molar-refractivity contribution in [1.29, 1.82) is 0 Å². The van der Waals surface area contributed by atoms with Crippen LogP contribution in [0.4, 0.5) is 46.0 Å². The minimum absolute atomic E-state index is 0. The molecule has 0 unspecified atom stereocenters. The van der Waals surface area contributed by atoms with Crippen molar-refractivity contribution in [1.82, 2.24) is 19.9 Å². The minimum atomic E-state index is -1.66. The molecule has 72 heavy (non-hydrogen) atoms. The van der Waals surface area contributed by atoms with Gasteiger partial charge in [-0.1, -0.05) is 284 Å². The van der Waals surface area contributed by atoms with Crippen molar-refractivity contribution in [3.63, 3.8) is 0 Å². The fourth-order valence-corrected chi connectivity index (χ4v) is 12.1. The zero-order valence-electron chi connectivity index (χ0n) is 41.3. The molecule has 1 radical (unpaired) electrons. The Hall–Kier alpha value is -7.62. The maximum Gasteiger partial charge on any atom is 3.00 e. The average molecular weight is 1130 g/mol. The molecule has 0 aliphatic rings. The number of benzene rings is 4. The number of rotatable bonds is 11. The van der Waals surface area contributed by atoms with Crippen LogP contribution in [-0.2, 0) is 39.0 Å². The molecular weight excluding hydrogens is 1070 g/mol. The monoisotopic (exact) mass is 1130 g/mol. The third kappa shape index (κ3) is 23.8. The molecule has 0 saturated heterocycles. The molecule has 0 spiro atoms. The first-order valence-electron chi connectivity index (χ1n) is 22.8. The predicted molar refractivity (Wildman–Crippen MR) is 295 cm³/mol. The normalized spacial score (nSPS) is 9.33. The first-order valence-corrected chi connectivity index (χ1v) is 25.1. The number of para-hydroxylation sites is 4. The van der Waals surface area contributed by atoms with Gasteiger partial charge >= 0.3 is 39.0 Å². The largest absolute Gasteiger partial charge is 3.00 e. The zero-order chi connectivity index (χ0) is 49.9. The molecule has 0 amide bonds. The topological polar surface area (TPSA) is 108 Å². The van der Waals surface area contributed by atoms with Gasteiger partial charge in [0.05, 0.1) is 0 Å². The van der Waals surface area contributed by atoms with Crippen molar-refractivity contribution < 1.29 is 39.0 Å². The van der Waals surface area contributed by atoms with E-state index in [1.807, 2.05) is 200 Å². The van der Waals surface area contributed by atoms with Crippen LogP contribution in [0.2, 0.25) is 16.6 Å². The second kappa shape index (κ2) is 36.3. The standard InChI is InChI=1S/C17H21Si.4C11H9N2.2Ru/c1-8-9-10-11-12-13-14-18(15(2)3,16(4)5)17(6)7;4*1-2-6-10(7-3-1)13-11-8-4-5-9-12-11;;/h15-17H,2-7H3;4*1-9H;;/q5*-1;+2;+3. The van der Waals surface area contributed by atoms with E-state index in [1.165, 1.54) is 0 Å². The summed E-state index contributed by atoms with van der Waals surface area (Å²) < 4.78 is 0.